The van der Waals surface area contributed by atoms with E-state index < -0.39 is 12.0 Å². The lowest BCUT2D eigenvalue weighted by Gasteiger charge is -2.12. The summed E-state index contributed by atoms with van der Waals surface area (Å²) in [7, 11) is 0. The van der Waals surface area contributed by atoms with Crippen molar-refractivity contribution in [3.63, 3.8) is 0 Å². The van der Waals surface area contributed by atoms with E-state index in [1.807, 2.05) is 31.2 Å². The molecule has 0 spiro atoms. The quantitative estimate of drug-likeness (QED) is 0.564. The van der Waals surface area contributed by atoms with Crippen molar-refractivity contribution < 1.29 is 19.4 Å². The number of carboxylic acids is 1. The Morgan fingerprint density at radius 3 is 2.62 bits per heavy atom. The Morgan fingerprint density at radius 1 is 1.38 bits per heavy atom. The molecular weight excluding hydrogens is 270 g/mol. The molecule has 2 N–H and O–H groups in total. The predicted octanol–water partition coefficient (Wildman–Crippen LogP) is 1.75. The first kappa shape index (κ1) is 16.6. The smallest absolute Gasteiger partial charge is 0.327 e. The van der Waals surface area contributed by atoms with Crippen molar-refractivity contribution in [3.05, 3.63) is 29.8 Å². The van der Waals surface area contributed by atoms with Gasteiger partial charge in [-0.1, -0.05) is 17.7 Å². The largest absolute Gasteiger partial charge is 0.494 e. The van der Waals surface area contributed by atoms with Gasteiger partial charge in [0.1, 0.15) is 11.8 Å². The van der Waals surface area contributed by atoms with Crippen LogP contribution in [0.3, 0.4) is 0 Å². The summed E-state index contributed by atoms with van der Waals surface area (Å²) < 4.78 is 5.48. The molecule has 0 radical (unpaired) electrons. The number of hydrogen-bond donors (Lipinski definition) is 2. The highest BCUT2D eigenvalue weighted by molar-refractivity contribution is 5.83. The molecule has 112 valence electrons. The van der Waals surface area contributed by atoms with Gasteiger partial charge < -0.3 is 15.2 Å². The molecule has 1 aromatic rings. The molecule has 0 bridgehead atoms. The fourth-order valence-electron chi connectivity index (χ4n) is 1.64. The zero-order chi connectivity index (χ0) is 15.7. The standard InChI is InChI=1S/C16H19NO4/c1-3-5-14(16(19)20)17-15(18)6-4-11-21-13-9-7-12(2)8-10-13/h1,7-10,14H,4-6,11H2,2H3,(H,17,18)(H,19,20). The van der Waals surface area contributed by atoms with Crippen LogP contribution in [0, 0.1) is 19.3 Å². The summed E-state index contributed by atoms with van der Waals surface area (Å²) in [4.78, 5) is 22.4. The van der Waals surface area contributed by atoms with Crippen LogP contribution in [0.25, 0.3) is 0 Å². The minimum Gasteiger partial charge on any atom is -0.494 e. The summed E-state index contributed by atoms with van der Waals surface area (Å²) in [5, 5.41) is 11.2. The van der Waals surface area contributed by atoms with Crippen LogP contribution in [0.5, 0.6) is 5.75 Å². The summed E-state index contributed by atoms with van der Waals surface area (Å²) in [6.45, 7) is 2.38. The highest BCUT2D eigenvalue weighted by Gasteiger charge is 2.18. The fraction of sp³-hybridized carbons (Fsp3) is 0.375. The average Bonchev–Trinajstić information content (AvgIpc) is 2.45. The fourth-order valence-corrected chi connectivity index (χ4v) is 1.64. The molecule has 5 nitrogen and oxygen atoms in total. The van der Waals surface area contributed by atoms with E-state index in [2.05, 4.69) is 11.2 Å². The Morgan fingerprint density at radius 2 is 2.05 bits per heavy atom. The Kier molecular flexibility index (Phi) is 6.82. The van der Waals surface area contributed by atoms with Gasteiger partial charge in [0.25, 0.3) is 0 Å². The molecule has 0 fully saturated rings. The Labute approximate surface area is 124 Å². The van der Waals surface area contributed by atoms with E-state index in [0.717, 1.165) is 11.3 Å². The molecule has 0 aliphatic rings. The zero-order valence-corrected chi connectivity index (χ0v) is 12.0. The van der Waals surface area contributed by atoms with E-state index in [4.69, 9.17) is 16.3 Å². The number of terminal acetylenes is 1. The van der Waals surface area contributed by atoms with Crippen molar-refractivity contribution in [2.45, 2.75) is 32.2 Å². The SMILES string of the molecule is C#CCC(NC(=O)CCCOc1ccc(C)cc1)C(=O)O. The van der Waals surface area contributed by atoms with E-state index in [1.165, 1.54) is 0 Å². The molecule has 1 amide bonds. The van der Waals surface area contributed by atoms with E-state index in [-0.39, 0.29) is 18.7 Å². The van der Waals surface area contributed by atoms with Crippen molar-refractivity contribution in [1.29, 1.82) is 0 Å². The van der Waals surface area contributed by atoms with E-state index in [1.54, 1.807) is 0 Å². The minimum atomic E-state index is -1.13. The van der Waals surface area contributed by atoms with Gasteiger partial charge in [-0.3, -0.25) is 4.79 Å². The molecule has 1 rings (SSSR count). The second-order valence-corrected chi connectivity index (χ2v) is 4.63. The number of carbonyl (C=O) groups is 2. The van der Waals surface area contributed by atoms with Crippen LogP contribution >= 0.6 is 0 Å². The first-order chi connectivity index (χ1) is 10.0. The predicted molar refractivity (Wildman–Crippen MR) is 78.9 cm³/mol. The third kappa shape index (κ3) is 6.48. The summed E-state index contributed by atoms with van der Waals surface area (Å²) in [5.41, 5.74) is 1.15. The van der Waals surface area contributed by atoms with Gasteiger partial charge in [0.05, 0.1) is 6.61 Å². The van der Waals surface area contributed by atoms with E-state index in [0.29, 0.717) is 13.0 Å². The molecule has 0 heterocycles. The van der Waals surface area contributed by atoms with Crippen LogP contribution in [0.2, 0.25) is 0 Å². The number of hydrogen-bond acceptors (Lipinski definition) is 3. The number of nitrogens with one attached hydrogen (secondary N) is 1. The Balaban J connectivity index is 2.25. The molecule has 0 saturated heterocycles. The number of benzene rings is 1. The highest BCUT2D eigenvalue weighted by atomic mass is 16.5. The van der Waals surface area contributed by atoms with Crippen LogP contribution < -0.4 is 10.1 Å². The third-order valence-corrected chi connectivity index (χ3v) is 2.79. The monoisotopic (exact) mass is 289 g/mol. The molecular formula is C16H19NO4. The van der Waals surface area contributed by atoms with Crippen molar-refractivity contribution in [1.82, 2.24) is 5.32 Å². The minimum absolute atomic E-state index is 0.0268. The second kappa shape index (κ2) is 8.64. The third-order valence-electron chi connectivity index (χ3n) is 2.79. The van der Waals surface area contributed by atoms with Gasteiger partial charge >= 0.3 is 5.97 Å². The molecule has 1 unspecified atom stereocenters. The number of ether oxygens (including phenoxy) is 1. The van der Waals surface area contributed by atoms with Crippen LogP contribution in [0.1, 0.15) is 24.8 Å². The van der Waals surface area contributed by atoms with Crippen LogP contribution in [0.15, 0.2) is 24.3 Å². The van der Waals surface area contributed by atoms with Crippen LogP contribution in [-0.4, -0.2) is 29.6 Å². The molecule has 0 aliphatic heterocycles. The maximum atomic E-state index is 11.6. The first-order valence-electron chi connectivity index (χ1n) is 6.68. The number of aryl methyl sites for hydroxylation is 1. The summed E-state index contributed by atoms with van der Waals surface area (Å²) in [6.07, 6.45) is 5.72. The maximum Gasteiger partial charge on any atom is 0.327 e. The van der Waals surface area contributed by atoms with Gasteiger partial charge in [0.15, 0.2) is 0 Å². The van der Waals surface area contributed by atoms with Gasteiger partial charge in [-0.15, -0.1) is 12.3 Å². The summed E-state index contributed by atoms with van der Waals surface area (Å²) >= 11 is 0. The number of aliphatic carboxylic acids is 1. The van der Waals surface area contributed by atoms with Crippen molar-refractivity contribution in [2.75, 3.05) is 6.61 Å². The lowest BCUT2D eigenvalue weighted by atomic mass is 10.2. The zero-order valence-electron chi connectivity index (χ0n) is 12.0. The van der Waals surface area contributed by atoms with Gasteiger partial charge in [-0.2, -0.15) is 0 Å². The van der Waals surface area contributed by atoms with E-state index in [9.17, 15) is 9.59 Å². The molecule has 0 aromatic heterocycles. The first-order valence-corrected chi connectivity index (χ1v) is 6.68. The Bertz CT molecular complexity index is 516. The van der Waals surface area contributed by atoms with E-state index >= 15 is 0 Å². The molecule has 21 heavy (non-hydrogen) atoms. The summed E-state index contributed by atoms with van der Waals surface area (Å²) in [5.74, 6) is 1.50. The maximum absolute atomic E-state index is 11.6. The average molecular weight is 289 g/mol. The van der Waals surface area contributed by atoms with Crippen LogP contribution in [0.4, 0.5) is 0 Å². The van der Waals surface area contributed by atoms with Gasteiger partial charge in [0, 0.05) is 12.8 Å². The molecule has 0 saturated carbocycles. The lowest BCUT2D eigenvalue weighted by molar-refractivity contribution is -0.141. The number of rotatable bonds is 8. The molecule has 1 atom stereocenters. The molecule has 5 heteroatoms. The highest BCUT2D eigenvalue weighted by Crippen LogP contribution is 2.11. The van der Waals surface area contributed by atoms with Gasteiger partial charge in [0.2, 0.25) is 5.91 Å². The summed E-state index contributed by atoms with van der Waals surface area (Å²) in [6, 6.07) is 6.59. The van der Waals surface area contributed by atoms with Crippen molar-refractivity contribution in [2.24, 2.45) is 0 Å². The van der Waals surface area contributed by atoms with Crippen molar-refractivity contribution >= 4 is 11.9 Å². The molecule has 1 aromatic carbocycles. The van der Waals surface area contributed by atoms with Crippen molar-refractivity contribution in [3.8, 4) is 18.1 Å². The number of amides is 1. The van der Waals surface area contributed by atoms with Gasteiger partial charge in [-0.05, 0) is 25.5 Å². The number of carboxylic acid groups (broad SMARTS) is 1. The molecule has 0 aliphatic carbocycles. The normalized spacial score (nSPS) is 11.2. The number of carbonyl (C=O) groups excluding carboxylic acids is 1. The topological polar surface area (TPSA) is 75.6 Å². The second-order valence-electron chi connectivity index (χ2n) is 4.63. The van der Waals surface area contributed by atoms with Crippen LogP contribution in [-0.2, 0) is 9.59 Å². The lowest BCUT2D eigenvalue weighted by Crippen LogP contribution is -2.40. The van der Waals surface area contributed by atoms with Gasteiger partial charge in [-0.25, -0.2) is 4.79 Å². The Hall–Kier alpha value is -2.48.